The van der Waals surface area contributed by atoms with Crippen LogP contribution in [0.2, 0.25) is 0 Å². The van der Waals surface area contributed by atoms with E-state index in [1.54, 1.807) is 0 Å². The van der Waals surface area contributed by atoms with Crippen LogP contribution in [0.4, 0.5) is 0 Å². The molecule has 12 heteroatoms. The minimum Gasteiger partial charge on any atom is -0.457 e. The van der Waals surface area contributed by atoms with Crippen molar-refractivity contribution in [2.45, 2.75) is 19.0 Å². The van der Waals surface area contributed by atoms with Crippen molar-refractivity contribution in [3.8, 4) is 0 Å². The number of esters is 6. The summed E-state index contributed by atoms with van der Waals surface area (Å²) >= 11 is 0. The van der Waals surface area contributed by atoms with Gasteiger partial charge < -0.3 is 28.4 Å². The van der Waals surface area contributed by atoms with E-state index in [4.69, 9.17) is 0 Å². The molecule has 0 N–H and O–H groups in total. The Kier molecular flexibility index (Phi) is 12.7. The van der Waals surface area contributed by atoms with Crippen molar-refractivity contribution in [1.29, 1.82) is 0 Å². The SMILES string of the molecule is C=CC(=O)OC(COC(=O)CC(=O)OCC(OC(=O)C=C)OC(=O)C=C)OC(=O)C=C. The summed E-state index contributed by atoms with van der Waals surface area (Å²) in [6.07, 6.45) is -1.03. The summed E-state index contributed by atoms with van der Waals surface area (Å²) in [4.78, 5) is 68.3. The molecule has 12 nitrogen and oxygen atoms in total. The smallest absolute Gasteiger partial charge is 0.333 e. The zero-order valence-electron chi connectivity index (χ0n) is 16.3. The maximum Gasteiger partial charge on any atom is 0.333 e. The second kappa shape index (κ2) is 14.7. The zero-order chi connectivity index (χ0) is 23.8. The van der Waals surface area contributed by atoms with E-state index in [2.05, 4.69) is 54.7 Å². The standard InChI is InChI=1S/C19H20O12/c1-5-12(20)28-18(29-13(21)6-2)10-26-16(24)9-17(25)27-11-19(30-14(22)7-3)31-15(23)8-4/h5-8,18-19H,1-4,9-11H2. The Hall–Kier alpha value is -4.22. The van der Waals surface area contributed by atoms with Crippen LogP contribution in [0.1, 0.15) is 6.42 Å². The lowest BCUT2D eigenvalue weighted by atomic mass is 10.4. The zero-order valence-corrected chi connectivity index (χ0v) is 16.3. The van der Waals surface area contributed by atoms with Gasteiger partial charge in [0.1, 0.15) is 6.42 Å². The molecule has 0 heterocycles. The van der Waals surface area contributed by atoms with Gasteiger partial charge in [-0.25, -0.2) is 19.2 Å². The van der Waals surface area contributed by atoms with Crippen LogP contribution < -0.4 is 0 Å². The molecule has 0 fully saturated rings. The molecule has 0 bridgehead atoms. The molecule has 0 saturated carbocycles. The highest BCUT2D eigenvalue weighted by molar-refractivity contribution is 5.91. The van der Waals surface area contributed by atoms with Crippen LogP contribution in [-0.2, 0) is 57.2 Å². The molecular weight excluding hydrogens is 420 g/mol. The van der Waals surface area contributed by atoms with Gasteiger partial charge in [-0.15, -0.1) is 0 Å². The van der Waals surface area contributed by atoms with Crippen LogP contribution in [0, 0.1) is 0 Å². The predicted octanol–water partition coefficient (Wildman–Crippen LogP) is 0.0319. The van der Waals surface area contributed by atoms with Gasteiger partial charge in [0.15, 0.2) is 13.2 Å². The Balaban J connectivity index is 4.67. The largest absolute Gasteiger partial charge is 0.457 e. The molecule has 168 valence electrons. The number of hydrogen-bond donors (Lipinski definition) is 0. The maximum atomic E-state index is 11.7. The van der Waals surface area contributed by atoms with Gasteiger partial charge >= 0.3 is 35.8 Å². The minimum absolute atomic E-state index is 0.734. The minimum atomic E-state index is -1.61. The van der Waals surface area contributed by atoms with Crippen LogP contribution in [-0.4, -0.2) is 61.6 Å². The van der Waals surface area contributed by atoms with Crippen LogP contribution >= 0.6 is 0 Å². The molecule has 0 radical (unpaired) electrons. The summed E-state index contributed by atoms with van der Waals surface area (Å²) in [5.74, 6) is -6.14. The molecule has 31 heavy (non-hydrogen) atoms. The van der Waals surface area contributed by atoms with Gasteiger partial charge in [0, 0.05) is 24.3 Å². The van der Waals surface area contributed by atoms with E-state index in [-0.39, 0.29) is 0 Å². The monoisotopic (exact) mass is 440 g/mol. The van der Waals surface area contributed by atoms with E-state index in [0.29, 0.717) is 0 Å². The fourth-order valence-corrected chi connectivity index (χ4v) is 1.44. The lowest BCUT2D eigenvalue weighted by Gasteiger charge is -2.17. The molecule has 0 aliphatic carbocycles. The Morgan fingerprint density at radius 1 is 0.548 bits per heavy atom. The third-order valence-electron chi connectivity index (χ3n) is 2.71. The first-order chi connectivity index (χ1) is 14.6. The molecule has 0 aromatic carbocycles. The Labute approximate surface area is 176 Å². The lowest BCUT2D eigenvalue weighted by molar-refractivity contribution is -0.196. The van der Waals surface area contributed by atoms with Crippen molar-refractivity contribution in [3.05, 3.63) is 50.6 Å². The van der Waals surface area contributed by atoms with Crippen molar-refractivity contribution in [1.82, 2.24) is 0 Å². The normalized spacial score (nSPS) is 9.61. The summed E-state index contributed by atoms with van der Waals surface area (Å²) in [7, 11) is 0. The van der Waals surface area contributed by atoms with E-state index in [0.717, 1.165) is 24.3 Å². The second-order valence-corrected chi connectivity index (χ2v) is 4.97. The van der Waals surface area contributed by atoms with Crippen molar-refractivity contribution >= 4 is 35.8 Å². The molecule has 0 amide bonds. The van der Waals surface area contributed by atoms with Crippen LogP contribution in [0.5, 0.6) is 0 Å². The van der Waals surface area contributed by atoms with E-state index < -0.39 is 68.0 Å². The number of rotatable bonds is 14. The highest BCUT2D eigenvalue weighted by Crippen LogP contribution is 2.03. The quantitative estimate of drug-likeness (QED) is 0.117. The first kappa shape index (κ1) is 26.8. The van der Waals surface area contributed by atoms with Crippen molar-refractivity contribution in [2.75, 3.05) is 13.2 Å². The number of ether oxygens (including phenoxy) is 6. The fourth-order valence-electron chi connectivity index (χ4n) is 1.44. The molecule has 0 aromatic rings. The van der Waals surface area contributed by atoms with Gasteiger partial charge in [-0.2, -0.15) is 0 Å². The number of carbonyl (C=O) groups excluding carboxylic acids is 6. The Bertz CT molecular complexity index is 645. The average Bonchev–Trinajstić information content (AvgIpc) is 2.74. The van der Waals surface area contributed by atoms with Crippen LogP contribution in [0.15, 0.2) is 50.6 Å². The topological polar surface area (TPSA) is 158 Å². The number of carbonyl (C=O) groups is 6. The first-order valence-corrected chi connectivity index (χ1v) is 8.28. The van der Waals surface area contributed by atoms with Gasteiger partial charge in [-0.1, -0.05) is 26.3 Å². The molecule has 0 atom stereocenters. The molecule has 0 saturated heterocycles. The molecule has 0 aliphatic rings. The van der Waals surface area contributed by atoms with Crippen LogP contribution in [0.3, 0.4) is 0 Å². The Morgan fingerprint density at radius 3 is 1.03 bits per heavy atom. The highest BCUT2D eigenvalue weighted by atomic mass is 16.7. The molecule has 0 aromatic heterocycles. The molecule has 0 spiro atoms. The van der Waals surface area contributed by atoms with E-state index in [1.807, 2.05) is 0 Å². The third-order valence-corrected chi connectivity index (χ3v) is 2.71. The molecule has 0 unspecified atom stereocenters. The van der Waals surface area contributed by atoms with Crippen molar-refractivity contribution in [2.24, 2.45) is 0 Å². The van der Waals surface area contributed by atoms with Gasteiger partial charge in [0.2, 0.25) is 0 Å². The van der Waals surface area contributed by atoms with Gasteiger partial charge in [0.05, 0.1) is 0 Å². The van der Waals surface area contributed by atoms with Gasteiger partial charge in [-0.3, -0.25) is 9.59 Å². The summed E-state index contributed by atoms with van der Waals surface area (Å²) in [5.41, 5.74) is 0. The molecule has 0 aliphatic heterocycles. The highest BCUT2D eigenvalue weighted by Gasteiger charge is 2.23. The predicted molar refractivity (Wildman–Crippen MR) is 99.3 cm³/mol. The second-order valence-electron chi connectivity index (χ2n) is 4.97. The van der Waals surface area contributed by atoms with Gasteiger partial charge in [-0.05, 0) is 0 Å². The first-order valence-electron chi connectivity index (χ1n) is 8.28. The van der Waals surface area contributed by atoms with Crippen molar-refractivity contribution in [3.63, 3.8) is 0 Å². The Morgan fingerprint density at radius 2 is 0.806 bits per heavy atom. The summed E-state index contributed by atoms with van der Waals surface area (Å²) < 4.78 is 27.9. The van der Waals surface area contributed by atoms with E-state index in [1.165, 1.54) is 0 Å². The third kappa shape index (κ3) is 12.8. The molecule has 0 rings (SSSR count). The lowest BCUT2D eigenvalue weighted by Crippen LogP contribution is -2.31. The summed E-state index contributed by atoms with van der Waals surface area (Å²) in [6.45, 7) is 11.1. The summed E-state index contributed by atoms with van der Waals surface area (Å²) in [5, 5.41) is 0. The van der Waals surface area contributed by atoms with E-state index in [9.17, 15) is 28.8 Å². The van der Waals surface area contributed by atoms with Gasteiger partial charge in [0.25, 0.3) is 12.6 Å². The fraction of sp³-hybridized carbons (Fsp3) is 0.263. The van der Waals surface area contributed by atoms with E-state index >= 15 is 0 Å². The average molecular weight is 440 g/mol. The van der Waals surface area contributed by atoms with Crippen LogP contribution in [0.25, 0.3) is 0 Å². The maximum absolute atomic E-state index is 11.7. The summed E-state index contributed by atoms with van der Waals surface area (Å²) in [6, 6.07) is 0. The molecular formula is C19H20O12. The van der Waals surface area contributed by atoms with Crippen molar-refractivity contribution < 1.29 is 57.2 Å². The number of hydrogen-bond acceptors (Lipinski definition) is 12.